The van der Waals surface area contributed by atoms with Gasteiger partial charge in [0.25, 0.3) is 5.91 Å². The van der Waals surface area contributed by atoms with Crippen molar-refractivity contribution in [3.63, 3.8) is 0 Å². The molecule has 4 rings (SSSR count). The number of nitrogens with zero attached hydrogens (tertiary/aromatic N) is 2. The van der Waals surface area contributed by atoms with Crippen LogP contribution in [0.2, 0.25) is 0 Å². The zero-order valence-electron chi connectivity index (χ0n) is 12.5. The van der Waals surface area contributed by atoms with Crippen molar-refractivity contribution in [3.8, 4) is 11.3 Å². The Labute approximate surface area is 133 Å². The Hall–Kier alpha value is -2.95. The van der Waals surface area contributed by atoms with Crippen molar-refractivity contribution in [2.45, 2.75) is 19.4 Å². The Bertz CT molecular complexity index is 854. The van der Waals surface area contributed by atoms with Crippen molar-refractivity contribution in [2.24, 2.45) is 0 Å². The highest BCUT2D eigenvalue weighted by Crippen LogP contribution is 2.33. The van der Waals surface area contributed by atoms with Crippen LogP contribution in [-0.4, -0.2) is 21.1 Å². The molecule has 0 saturated carbocycles. The van der Waals surface area contributed by atoms with Crippen LogP contribution in [0.3, 0.4) is 0 Å². The van der Waals surface area contributed by atoms with E-state index in [1.165, 1.54) is 5.56 Å². The van der Waals surface area contributed by atoms with Gasteiger partial charge in [0, 0.05) is 30.1 Å². The standard InChI is InChI=1S/C18H16N4O/c23-18(20-11-12-4-3-9-19-10-12)17-15-8-7-13-5-1-2-6-14(13)16(15)21-22-17/h1-6,9-10H,7-8,11H2,(H,20,23)(H,21,22). The summed E-state index contributed by atoms with van der Waals surface area (Å²) in [5, 5.41) is 10.2. The van der Waals surface area contributed by atoms with Crippen molar-refractivity contribution in [1.29, 1.82) is 0 Å². The summed E-state index contributed by atoms with van der Waals surface area (Å²) in [4.78, 5) is 16.5. The van der Waals surface area contributed by atoms with E-state index in [9.17, 15) is 4.79 Å². The van der Waals surface area contributed by atoms with Gasteiger partial charge in [0.2, 0.25) is 0 Å². The third kappa shape index (κ3) is 2.50. The lowest BCUT2D eigenvalue weighted by Crippen LogP contribution is -2.24. The van der Waals surface area contributed by atoms with Gasteiger partial charge in [-0.1, -0.05) is 30.3 Å². The minimum Gasteiger partial charge on any atom is -0.347 e. The Morgan fingerprint density at radius 3 is 2.96 bits per heavy atom. The molecule has 0 radical (unpaired) electrons. The lowest BCUT2D eigenvalue weighted by atomic mass is 9.89. The summed E-state index contributed by atoms with van der Waals surface area (Å²) in [7, 11) is 0. The molecule has 5 nitrogen and oxygen atoms in total. The number of carbonyl (C=O) groups excluding carboxylic acids is 1. The molecule has 114 valence electrons. The molecule has 2 N–H and O–H groups in total. The van der Waals surface area contributed by atoms with Crippen molar-refractivity contribution >= 4 is 5.91 Å². The molecule has 0 atom stereocenters. The monoisotopic (exact) mass is 304 g/mol. The normalized spacial score (nSPS) is 12.3. The number of benzene rings is 1. The van der Waals surface area contributed by atoms with Gasteiger partial charge in [-0.2, -0.15) is 5.10 Å². The Balaban J connectivity index is 1.57. The van der Waals surface area contributed by atoms with E-state index in [0.717, 1.165) is 35.2 Å². The predicted molar refractivity (Wildman–Crippen MR) is 86.8 cm³/mol. The summed E-state index contributed by atoms with van der Waals surface area (Å²) >= 11 is 0. The van der Waals surface area contributed by atoms with Gasteiger partial charge in [-0.25, -0.2) is 0 Å². The van der Waals surface area contributed by atoms with E-state index >= 15 is 0 Å². The molecule has 0 aliphatic heterocycles. The average Bonchev–Trinajstić information content (AvgIpc) is 3.05. The zero-order valence-corrected chi connectivity index (χ0v) is 12.5. The van der Waals surface area contributed by atoms with Crippen LogP contribution in [-0.2, 0) is 19.4 Å². The summed E-state index contributed by atoms with van der Waals surface area (Å²) in [5.41, 5.74) is 5.86. The number of pyridine rings is 1. The van der Waals surface area contributed by atoms with Crippen LogP contribution in [0.5, 0.6) is 0 Å². The fourth-order valence-corrected chi connectivity index (χ4v) is 3.02. The fraction of sp³-hybridized carbons (Fsp3) is 0.167. The first-order valence-electron chi connectivity index (χ1n) is 7.65. The second kappa shape index (κ2) is 5.68. The van der Waals surface area contributed by atoms with Gasteiger partial charge in [-0.05, 0) is 30.0 Å². The zero-order chi connectivity index (χ0) is 15.6. The van der Waals surface area contributed by atoms with E-state index in [1.807, 2.05) is 24.3 Å². The van der Waals surface area contributed by atoms with Crippen LogP contribution in [0.15, 0.2) is 48.8 Å². The fourth-order valence-electron chi connectivity index (χ4n) is 3.02. The minimum absolute atomic E-state index is 0.123. The first-order chi connectivity index (χ1) is 11.3. The molecule has 5 heteroatoms. The lowest BCUT2D eigenvalue weighted by Gasteiger charge is -2.15. The molecule has 1 amide bonds. The maximum absolute atomic E-state index is 12.5. The smallest absolute Gasteiger partial charge is 0.269 e. The van der Waals surface area contributed by atoms with Crippen LogP contribution in [0, 0.1) is 0 Å². The molecule has 0 spiro atoms. The van der Waals surface area contributed by atoms with Gasteiger partial charge < -0.3 is 5.32 Å². The van der Waals surface area contributed by atoms with Crippen LogP contribution < -0.4 is 5.32 Å². The Morgan fingerprint density at radius 2 is 2.09 bits per heavy atom. The van der Waals surface area contributed by atoms with Crippen molar-refractivity contribution in [2.75, 3.05) is 0 Å². The van der Waals surface area contributed by atoms with Crippen LogP contribution in [0.25, 0.3) is 11.3 Å². The summed E-state index contributed by atoms with van der Waals surface area (Å²) < 4.78 is 0. The quantitative estimate of drug-likeness (QED) is 0.781. The highest BCUT2D eigenvalue weighted by atomic mass is 16.1. The molecule has 23 heavy (non-hydrogen) atoms. The van der Waals surface area contributed by atoms with E-state index in [-0.39, 0.29) is 5.91 Å². The topological polar surface area (TPSA) is 70.7 Å². The van der Waals surface area contributed by atoms with Crippen molar-refractivity contribution in [1.82, 2.24) is 20.5 Å². The second-order valence-corrected chi connectivity index (χ2v) is 5.63. The number of nitrogens with one attached hydrogen (secondary N) is 2. The van der Waals surface area contributed by atoms with Gasteiger partial charge in [-0.15, -0.1) is 0 Å². The van der Waals surface area contributed by atoms with E-state index in [2.05, 4.69) is 32.6 Å². The molecule has 2 heterocycles. The SMILES string of the molecule is O=C(NCc1cccnc1)c1[nH]nc2c1CCc1ccccc1-2. The molecule has 1 aliphatic rings. The van der Waals surface area contributed by atoms with Gasteiger partial charge in [0.1, 0.15) is 5.69 Å². The Morgan fingerprint density at radius 1 is 1.17 bits per heavy atom. The van der Waals surface area contributed by atoms with Gasteiger partial charge >= 0.3 is 0 Å². The summed E-state index contributed by atoms with van der Waals surface area (Å²) in [6, 6.07) is 12.0. The van der Waals surface area contributed by atoms with E-state index in [1.54, 1.807) is 12.4 Å². The highest BCUT2D eigenvalue weighted by molar-refractivity contribution is 5.95. The number of fused-ring (bicyclic) bond motifs is 3. The number of aryl methyl sites for hydroxylation is 1. The number of aromatic amines is 1. The molecular formula is C18H16N4O. The Kier molecular flexibility index (Phi) is 3.38. The van der Waals surface area contributed by atoms with Crippen LogP contribution in [0.4, 0.5) is 0 Å². The number of amides is 1. The number of rotatable bonds is 3. The third-order valence-corrected chi connectivity index (χ3v) is 4.19. The minimum atomic E-state index is -0.123. The van der Waals surface area contributed by atoms with E-state index in [4.69, 9.17) is 0 Å². The van der Waals surface area contributed by atoms with Gasteiger partial charge in [0.15, 0.2) is 0 Å². The molecule has 3 aromatic rings. The number of carbonyl (C=O) groups is 1. The largest absolute Gasteiger partial charge is 0.347 e. The second-order valence-electron chi connectivity index (χ2n) is 5.63. The molecule has 1 aromatic carbocycles. The molecular weight excluding hydrogens is 288 g/mol. The number of hydrogen-bond donors (Lipinski definition) is 2. The summed E-state index contributed by atoms with van der Waals surface area (Å²) in [5.74, 6) is -0.123. The maximum Gasteiger partial charge on any atom is 0.269 e. The maximum atomic E-state index is 12.5. The predicted octanol–water partition coefficient (Wildman–Crippen LogP) is 2.50. The molecule has 0 saturated heterocycles. The number of H-pyrrole nitrogens is 1. The molecule has 0 fully saturated rings. The van der Waals surface area contributed by atoms with Gasteiger partial charge in [0.05, 0.1) is 5.69 Å². The number of aromatic nitrogens is 3. The van der Waals surface area contributed by atoms with Crippen LogP contribution >= 0.6 is 0 Å². The first-order valence-corrected chi connectivity index (χ1v) is 7.65. The molecule has 2 aromatic heterocycles. The third-order valence-electron chi connectivity index (χ3n) is 4.19. The molecule has 0 bridgehead atoms. The molecule has 0 unspecified atom stereocenters. The lowest BCUT2D eigenvalue weighted by molar-refractivity contribution is 0.0945. The van der Waals surface area contributed by atoms with E-state index in [0.29, 0.717) is 12.2 Å². The summed E-state index contributed by atoms with van der Waals surface area (Å²) in [6.07, 6.45) is 5.23. The van der Waals surface area contributed by atoms with Crippen molar-refractivity contribution in [3.05, 3.63) is 71.2 Å². The van der Waals surface area contributed by atoms with Gasteiger partial charge in [-0.3, -0.25) is 14.9 Å². The number of hydrogen-bond acceptors (Lipinski definition) is 3. The van der Waals surface area contributed by atoms with Crippen LogP contribution in [0.1, 0.15) is 27.2 Å². The highest BCUT2D eigenvalue weighted by Gasteiger charge is 2.24. The summed E-state index contributed by atoms with van der Waals surface area (Å²) in [6.45, 7) is 0.455. The molecule has 1 aliphatic carbocycles. The average molecular weight is 304 g/mol. The van der Waals surface area contributed by atoms with Crippen molar-refractivity contribution < 1.29 is 4.79 Å². The van der Waals surface area contributed by atoms with E-state index < -0.39 is 0 Å². The first kappa shape index (κ1) is 13.7.